The lowest BCUT2D eigenvalue weighted by Gasteiger charge is -2.12. The van der Waals surface area contributed by atoms with E-state index in [0.29, 0.717) is 47.8 Å². The molecule has 32 heavy (non-hydrogen) atoms. The van der Waals surface area contributed by atoms with Crippen LogP contribution in [0.15, 0.2) is 56.8 Å². The van der Waals surface area contributed by atoms with Crippen LogP contribution >= 0.6 is 0 Å². The summed E-state index contributed by atoms with van der Waals surface area (Å²) in [6, 6.07) is 12.8. The first-order chi connectivity index (χ1) is 15.5. The van der Waals surface area contributed by atoms with Gasteiger partial charge < -0.3 is 14.7 Å². The van der Waals surface area contributed by atoms with E-state index < -0.39 is 11.2 Å². The minimum absolute atomic E-state index is 0.119. The molecule has 0 amide bonds. The summed E-state index contributed by atoms with van der Waals surface area (Å²) < 4.78 is 4.43. The minimum atomic E-state index is -0.451. The van der Waals surface area contributed by atoms with E-state index in [2.05, 4.69) is 4.98 Å². The molecule has 9 heteroatoms. The number of aliphatic hydroxyl groups excluding tert-OH is 1. The number of rotatable bonds is 7. The Bertz CT molecular complexity index is 1440. The standard InChI is InChI=1S/C23H25N5O4/c1-3-26-21-19(22(31)27(23(26)32)12-7-13-29)28(14-16-8-5-4-6-9-16)20(25-21)17-10-11-18(30)24-15(17)2/h4-6,8-11,29H,3,7,12-14H2,1-2H3,(H,24,30). The summed E-state index contributed by atoms with van der Waals surface area (Å²) in [5, 5.41) is 9.23. The number of nitrogens with zero attached hydrogens (tertiary/aromatic N) is 4. The second kappa shape index (κ2) is 8.80. The molecule has 0 unspecified atom stereocenters. The van der Waals surface area contributed by atoms with Crippen LogP contribution in [0.4, 0.5) is 0 Å². The Balaban J connectivity index is 2.10. The van der Waals surface area contributed by atoms with Crippen molar-refractivity contribution in [3.8, 4) is 11.4 Å². The zero-order valence-electron chi connectivity index (χ0n) is 18.0. The zero-order chi connectivity index (χ0) is 22.8. The van der Waals surface area contributed by atoms with Crippen LogP contribution in [0.2, 0.25) is 0 Å². The maximum Gasteiger partial charge on any atom is 0.332 e. The number of H-pyrrole nitrogens is 1. The molecular weight excluding hydrogens is 410 g/mol. The number of aryl methyl sites for hydroxylation is 2. The smallest absolute Gasteiger partial charge is 0.332 e. The van der Waals surface area contributed by atoms with Crippen molar-refractivity contribution >= 4 is 11.2 Å². The Kier molecular flexibility index (Phi) is 5.91. The average molecular weight is 435 g/mol. The van der Waals surface area contributed by atoms with Gasteiger partial charge in [0, 0.05) is 43.6 Å². The Hall–Kier alpha value is -3.72. The molecule has 0 bridgehead atoms. The van der Waals surface area contributed by atoms with Crippen molar-refractivity contribution in [2.45, 2.75) is 39.9 Å². The maximum absolute atomic E-state index is 13.5. The highest BCUT2D eigenvalue weighted by Gasteiger charge is 2.23. The second-order valence-corrected chi connectivity index (χ2v) is 7.60. The van der Waals surface area contributed by atoms with E-state index in [0.717, 1.165) is 10.1 Å². The first kappa shape index (κ1) is 21.5. The van der Waals surface area contributed by atoms with Crippen LogP contribution in [0.3, 0.4) is 0 Å². The van der Waals surface area contributed by atoms with Crippen LogP contribution < -0.4 is 16.8 Å². The number of hydrogen-bond acceptors (Lipinski definition) is 5. The molecule has 9 nitrogen and oxygen atoms in total. The van der Waals surface area contributed by atoms with Crippen molar-refractivity contribution in [3.05, 3.63) is 84.9 Å². The summed E-state index contributed by atoms with van der Waals surface area (Å²) in [5.74, 6) is 0.496. The largest absolute Gasteiger partial charge is 0.396 e. The van der Waals surface area contributed by atoms with Gasteiger partial charge in [0.15, 0.2) is 11.2 Å². The van der Waals surface area contributed by atoms with Gasteiger partial charge in [0.25, 0.3) is 5.56 Å². The molecule has 3 heterocycles. The molecule has 0 saturated heterocycles. The molecule has 166 valence electrons. The van der Waals surface area contributed by atoms with E-state index in [1.807, 2.05) is 37.3 Å². The van der Waals surface area contributed by atoms with E-state index in [9.17, 15) is 19.5 Å². The number of aromatic nitrogens is 5. The lowest BCUT2D eigenvalue weighted by Crippen LogP contribution is -2.40. The first-order valence-corrected chi connectivity index (χ1v) is 10.5. The Morgan fingerprint density at radius 2 is 1.75 bits per heavy atom. The second-order valence-electron chi connectivity index (χ2n) is 7.60. The number of aliphatic hydroxyl groups is 1. The van der Waals surface area contributed by atoms with Crippen LogP contribution in [-0.4, -0.2) is 35.4 Å². The summed E-state index contributed by atoms with van der Waals surface area (Å²) in [6.07, 6.45) is 0.295. The third kappa shape index (κ3) is 3.71. The van der Waals surface area contributed by atoms with Crippen LogP contribution in [0.1, 0.15) is 24.6 Å². The zero-order valence-corrected chi connectivity index (χ0v) is 18.0. The van der Waals surface area contributed by atoms with E-state index in [-0.39, 0.29) is 18.7 Å². The molecule has 0 fully saturated rings. The van der Waals surface area contributed by atoms with Crippen molar-refractivity contribution in [3.63, 3.8) is 0 Å². The van der Waals surface area contributed by atoms with Crippen molar-refractivity contribution < 1.29 is 5.11 Å². The van der Waals surface area contributed by atoms with Crippen LogP contribution in [0, 0.1) is 6.92 Å². The SMILES string of the molecule is CCn1c(=O)n(CCCO)c(=O)c2c1nc(-c1ccc(=O)[nH]c1C)n2Cc1ccccc1. The van der Waals surface area contributed by atoms with Crippen molar-refractivity contribution in [1.29, 1.82) is 0 Å². The minimum Gasteiger partial charge on any atom is -0.396 e. The molecule has 2 N–H and O–H groups in total. The number of nitrogens with one attached hydrogen (secondary N) is 1. The molecule has 4 rings (SSSR count). The molecule has 0 radical (unpaired) electrons. The highest BCUT2D eigenvalue weighted by molar-refractivity contribution is 5.77. The number of fused-ring (bicyclic) bond motifs is 1. The molecular formula is C23H25N5O4. The van der Waals surface area contributed by atoms with Gasteiger partial charge in [0.05, 0.1) is 0 Å². The number of hydrogen-bond donors (Lipinski definition) is 2. The fourth-order valence-electron chi connectivity index (χ4n) is 3.95. The van der Waals surface area contributed by atoms with Crippen molar-refractivity contribution in [2.24, 2.45) is 0 Å². The summed E-state index contributed by atoms with van der Waals surface area (Å²) in [5.41, 5.74) is 1.75. The van der Waals surface area contributed by atoms with Crippen LogP contribution in [-0.2, 0) is 19.6 Å². The number of pyridine rings is 1. The van der Waals surface area contributed by atoms with E-state index >= 15 is 0 Å². The molecule has 0 aliphatic rings. The highest BCUT2D eigenvalue weighted by atomic mass is 16.3. The normalized spacial score (nSPS) is 11.3. The van der Waals surface area contributed by atoms with Gasteiger partial charge in [0.2, 0.25) is 5.56 Å². The fourth-order valence-corrected chi connectivity index (χ4v) is 3.95. The molecule has 0 aliphatic carbocycles. The van der Waals surface area contributed by atoms with E-state index in [1.54, 1.807) is 17.6 Å². The van der Waals surface area contributed by atoms with E-state index in [4.69, 9.17) is 4.98 Å². The van der Waals surface area contributed by atoms with Crippen LogP contribution in [0.5, 0.6) is 0 Å². The van der Waals surface area contributed by atoms with Gasteiger partial charge in [-0.25, -0.2) is 9.78 Å². The predicted molar refractivity (Wildman–Crippen MR) is 122 cm³/mol. The van der Waals surface area contributed by atoms with Crippen molar-refractivity contribution in [2.75, 3.05) is 6.61 Å². The first-order valence-electron chi connectivity index (χ1n) is 10.5. The quantitative estimate of drug-likeness (QED) is 0.456. The predicted octanol–water partition coefficient (Wildman–Crippen LogP) is 1.47. The molecule has 3 aromatic heterocycles. The van der Waals surface area contributed by atoms with Gasteiger partial charge in [-0.3, -0.25) is 18.7 Å². The van der Waals surface area contributed by atoms with Gasteiger partial charge in [-0.15, -0.1) is 0 Å². The number of aromatic amines is 1. The monoisotopic (exact) mass is 435 g/mol. The Morgan fingerprint density at radius 3 is 2.41 bits per heavy atom. The lowest BCUT2D eigenvalue weighted by molar-refractivity contribution is 0.277. The molecule has 1 aromatic carbocycles. The fraction of sp³-hybridized carbons (Fsp3) is 0.304. The van der Waals surface area contributed by atoms with Gasteiger partial charge >= 0.3 is 5.69 Å². The Morgan fingerprint density at radius 1 is 1.00 bits per heavy atom. The molecule has 0 aliphatic heterocycles. The molecule has 0 spiro atoms. The Labute approximate surface area is 183 Å². The molecule has 0 atom stereocenters. The van der Waals surface area contributed by atoms with Gasteiger partial charge in [-0.2, -0.15) is 0 Å². The van der Waals surface area contributed by atoms with Gasteiger partial charge in [-0.1, -0.05) is 30.3 Å². The summed E-state index contributed by atoms with van der Waals surface area (Å²) >= 11 is 0. The van der Waals surface area contributed by atoms with Gasteiger partial charge in [0.1, 0.15) is 5.82 Å². The number of benzene rings is 1. The van der Waals surface area contributed by atoms with Gasteiger partial charge in [-0.05, 0) is 31.9 Å². The topological polar surface area (TPSA) is 115 Å². The summed E-state index contributed by atoms with van der Waals surface area (Å²) in [7, 11) is 0. The van der Waals surface area contributed by atoms with Crippen molar-refractivity contribution in [1.82, 2.24) is 23.7 Å². The lowest BCUT2D eigenvalue weighted by atomic mass is 10.1. The summed E-state index contributed by atoms with van der Waals surface area (Å²) in [6.45, 7) is 4.29. The highest BCUT2D eigenvalue weighted by Crippen LogP contribution is 2.25. The van der Waals surface area contributed by atoms with E-state index in [1.165, 1.54) is 10.6 Å². The van der Waals surface area contributed by atoms with Crippen LogP contribution in [0.25, 0.3) is 22.6 Å². The summed E-state index contributed by atoms with van der Waals surface area (Å²) in [4.78, 5) is 45.7. The maximum atomic E-state index is 13.5. The molecule has 0 saturated carbocycles. The third-order valence-corrected chi connectivity index (χ3v) is 5.51. The average Bonchev–Trinajstić information content (AvgIpc) is 3.13. The third-order valence-electron chi connectivity index (χ3n) is 5.51. The molecule has 4 aromatic rings. The number of imidazole rings is 1.